The van der Waals surface area contributed by atoms with Crippen LogP contribution in [0.15, 0.2) is 77.3 Å². The molecule has 6 aromatic rings. The van der Waals surface area contributed by atoms with Crippen LogP contribution in [0.3, 0.4) is 0 Å². The van der Waals surface area contributed by atoms with Crippen LogP contribution < -0.4 is 0 Å². The lowest BCUT2D eigenvalue weighted by atomic mass is 9.82. The van der Waals surface area contributed by atoms with Crippen molar-refractivity contribution in [3.05, 3.63) is 89.8 Å². The molecule has 0 aliphatic rings. The van der Waals surface area contributed by atoms with Crippen molar-refractivity contribution in [3.63, 3.8) is 0 Å². The van der Waals surface area contributed by atoms with Crippen LogP contribution in [0.1, 0.15) is 51.5 Å². The van der Waals surface area contributed by atoms with Gasteiger partial charge in [-0.15, -0.1) is 11.3 Å². The molecular weight excluding hydrogens is 470 g/mol. The Morgan fingerprint density at radius 1 is 0.892 bits per heavy atom. The first-order valence-corrected chi connectivity index (χ1v) is 14.0. The van der Waals surface area contributed by atoms with Crippen LogP contribution in [-0.4, -0.2) is 4.98 Å². The number of aryl methyl sites for hydroxylation is 1. The van der Waals surface area contributed by atoms with E-state index < -0.39 is 0 Å². The summed E-state index contributed by atoms with van der Waals surface area (Å²) < 4.78 is 7.46. The van der Waals surface area contributed by atoms with Crippen LogP contribution >= 0.6 is 11.3 Å². The zero-order valence-electron chi connectivity index (χ0n) is 22.5. The van der Waals surface area contributed by atoms with Gasteiger partial charge in [0.1, 0.15) is 11.3 Å². The highest BCUT2D eigenvalue weighted by Crippen LogP contribution is 2.44. The Morgan fingerprint density at radius 3 is 2.49 bits per heavy atom. The quantitative estimate of drug-likeness (QED) is 0.239. The molecule has 3 heteroatoms. The van der Waals surface area contributed by atoms with Crippen molar-refractivity contribution < 1.29 is 4.42 Å². The van der Waals surface area contributed by atoms with Gasteiger partial charge in [-0.3, -0.25) is 4.98 Å². The van der Waals surface area contributed by atoms with E-state index in [1.165, 1.54) is 53.4 Å². The second-order valence-electron chi connectivity index (χ2n) is 11.6. The average Bonchev–Trinajstić information content (AvgIpc) is 3.41. The van der Waals surface area contributed by atoms with Crippen molar-refractivity contribution in [1.29, 1.82) is 0 Å². The first-order valence-electron chi connectivity index (χ1n) is 13.1. The summed E-state index contributed by atoms with van der Waals surface area (Å²) in [4.78, 5) is 6.15. The maximum absolute atomic E-state index is 6.22. The first-order chi connectivity index (χ1) is 17.7. The summed E-state index contributed by atoms with van der Waals surface area (Å²) in [5.74, 6) is 1.59. The van der Waals surface area contributed by atoms with Gasteiger partial charge in [-0.1, -0.05) is 65.0 Å². The third kappa shape index (κ3) is 4.26. The lowest BCUT2D eigenvalue weighted by Gasteiger charge is -2.22. The topological polar surface area (TPSA) is 26.0 Å². The summed E-state index contributed by atoms with van der Waals surface area (Å²) in [6, 6.07) is 24.5. The zero-order chi connectivity index (χ0) is 25.9. The lowest BCUT2D eigenvalue weighted by molar-refractivity contribution is 0.580. The monoisotopic (exact) mass is 503 g/mol. The lowest BCUT2D eigenvalue weighted by Crippen LogP contribution is -2.12. The van der Waals surface area contributed by atoms with E-state index in [1.54, 1.807) is 0 Å². The summed E-state index contributed by atoms with van der Waals surface area (Å²) in [5, 5.41) is 4.98. The molecule has 3 aromatic carbocycles. The molecule has 2 nitrogen and oxygen atoms in total. The number of benzene rings is 3. The first kappa shape index (κ1) is 23.9. The van der Waals surface area contributed by atoms with Crippen LogP contribution in [0.5, 0.6) is 0 Å². The standard InChI is InChI=1S/C34H33NOS/c1-20(2)15-22-11-12-29-26(16-22)32(21(3)36-29)31-19-27-30(37-31)13-14-35-33(27)24-17-23-9-7-8-10-25(23)28(18-24)34(4,5)6/h7-14,16-20H,15H2,1-6H3. The summed E-state index contributed by atoms with van der Waals surface area (Å²) in [6.45, 7) is 13.5. The molecule has 0 unspecified atom stereocenters. The summed E-state index contributed by atoms with van der Waals surface area (Å²) >= 11 is 1.83. The highest BCUT2D eigenvalue weighted by Gasteiger charge is 2.21. The van der Waals surface area contributed by atoms with Gasteiger partial charge in [0.25, 0.3) is 0 Å². The van der Waals surface area contributed by atoms with Crippen molar-refractivity contribution in [2.75, 3.05) is 0 Å². The van der Waals surface area contributed by atoms with Crippen LogP contribution in [-0.2, 0) is 11.8 Å². The zero-order valence-corrected chi connectivity index (χ0v) is 23.3. The van der Waals surface area contributed by atoms with Gasteiger partial charge >= 0.3 is 0 Å². The molecule has 3 aromatic heterocycles. The van der Waals surface area contributed by atoms with Crippen LogP contribution in [0.25, 0.3) is 53.5 Å². The summed E-state index contributed by atoms with van der Waals surface area (Å²) in [7, 11) is 0. The molecule has 37 heavy (non-hydrogen) atoms. The smallest absolute Gasteiger partial charge is 0.134 e. The number of furan rings is 1. The second kappa shape index (κ2) is 8.85. The van der Waals surface area contributed by atoms with Gasteiger partial charge in [0.15, 0.2) is 0 Å². The van der Waals surface area contributed by atoms with Crippen LogP contribution in [0, 0.1) is 12.8 Å². The fourth-order valence-corrected chi connectivity index (χ4v) is 6.72. The minimum absolute atomic E-state index is 0.0316. The van der Waals surface area contributed by atoms with Crippen molar-refractivity contribution in [1.82, 2.24) is 4.98 Å². The number of rotatable bonds is 4. The van der Waals surface area contributed by atoms with E-state index in [0.29, 0.717) is 5.92 Å². The number of pyridine rings is 1. The molecule has 0 bridgehead atoms. The molecule has 3 heterocycles. The Bertz CT molecular complexity index is 1780. The molecule has 186 valence electrons. The van der Waals surface area contributed by atoms with Crippen molar-refractivity contribution in [2.24, 2.45) is 5.92 Å². The van der Waals surface area contributed by atoms with E-state index in [0.717, 1.165) is 23.5 Å². The van der Waals surface area contributed by atoms with Crippen LogP contribution in [0.4, 0.5) is 0 Å². The number of aromatic nitrogens is 1. The molecule has 0 N–H and O–H groups in total. The van der Waals surface area contributed by atoms with E-state index in [9.17, 15) is 0 Å². The molecule has 6 rings (SSSR count). The van der Waals surface area contributed by atoms with Crippen molar-refractivity contribution in [2.45, 2.75) is 53.4 Å². The average molecular weight is 504 g/mol. The minimum atomic E-state index is 0.0316. The fourth-order valence-electron chi connectivity index (χ4n) is 5.56. The third-order valence-electron chi connectivity index (χ3n) is 7.21. The van der Waals surface area contributed by atoms with Gasteiger partial charge in [-0.2, -0.15) is 0 Å². The normalized spacial score (nSPS) is 12.4. The minimum Gasteiger partial charge on any atom is -0.461 e. The Balaban J connectivity index is 1.55. The van der Waals surface area contributed by atoms with Gasteiger partial charge in [-0.25, -0.2) is 0 Å². The number of fused-ring (bicyclic) bond motifs is 3. The highest BCUT2D eigenvalue weighted by atomic mass is 32.1. The Kier molecular flexibility index (Phi) is 5.72. The Hall–Kier alpha value is -3.43. The molecule has 0 amide bonds. The number of hydrogen-bond acceptors (Lipinski definition) is 3. The number of nitrogens with zero attached hydrogens (tertiary/aromatic N) is 1. The van der Waals surface area contributed by atoms with Crippen molar-refractivity contribution >= 4 is 43.2 Å². The molecule has 0 saturated heterocycles. The van der Waals surface area contributed by atoms with Gasteiger partial charge in [0.05, 0.1) is 5.69 Å². The fraction of sp³-hybridized carbons (Fsp3) is 0.265. The number of hydrogen-bond donors (Lipinski definition) is 0. The number of thiophene rings is 1. The van der Waals surface area contributed by atoms with E-state index in [1.807, 2.05) is 17.5 Å². The van der Waals surface area contributed by atoms with E-state index >= 15 is 0 Å². The molecular formula is C34H33NOS. The molecule has 0 atom stereocenters. The molecule has 0 saturated carbocycles. The SMILES string of the molecule is Cc1oc2ccc(CC(C)C)cc2c1-c1cc2c(-c3cc(C(C)(C)C)c4ccccc4c3)nccc2s1. The van der Waals surface area contributed by atoms with Gasteiger partial charge in [-0.05, 0) is 83.0 Å². The van der Waals surface area contributed by atoms with Gasteiger partial charge in [0.2, 0.25) is 0 Å². The predicted octanol–water partition coefficient (Wildman–Crippen LogP) is 10.3. The van der Waals surface area contributed by atoms with Crippen LogP contribution in [0.2, 0.25) is 0 Å². The second-order valence-corrected chi connectivity index (χ2v) is 12.7. The molecule has 0 radical (unpaired) electrons. The molecule has 0 aliphatic carbocycles. The third-order valence-corrected chi connectivity index (χ3v) is 8.33. The Morgan fingerprint density at radius 2 is 1.70 bits per heavy atom. The van der Waals surface area contributed by atoms with E-state index in [4.69, 9.17) is 9.40 Å². The maximum atomic E-state index is 6.22. The highest BCUT2D eigenvalue weighted by molar-refractivity contribution is 7.22. The van der Waals surface area contributed by atoms with Crippen molar-refractivity contribution in [3.8, 4) is 21.7 Å². The van der Waals surface area contributed by atoms with Gasteiger partial charge in [0, 0.05) is 37.7 Å². The molecule has 0 fully saturated rings. The molecule has 0 aliphatic heterocycles. The maximum Gasteiger partial charge on any atom is 0.134 e. The summed E-state index contributed by atoms with van der Waals surface area (Å²) in [6.07, 6.45) is 3.02. The van der Waals surface area contributed by atoms with Gasteiger partial charge < -0.3 is 4.42 Å². The van der Waals surface area contributed by atoms with E-state index in [2.05, 4.69) is 108 Å². The largest absolute Gasteiger partial charge is 0.461 e. The summed E-state index contributed by atoms with van der Waals surface area (Å²) in [5.41, 5.74) is 7.13. The predicted molar refractivity (Wildman–Crippen MR) is 160 cm³/mol. The Labute approximate surface area is 223 Å². The molecule has 0 spiro atoms. The van der Waals surface area contributed by atoms with E-state index in [-0.39, 0.29) is 5.41 Å².